The third kappa shape index (κ3) is 5.73. The Morgan fingerprint density at radius 2 is 1.95 bits per heavy atom. The second kappa shape index (κ2) is 8.19. The molecule has 1 amide bonds. The third-order valence-corrected chi connectivity index (χ3v) is 2.67. The van der Waals surface area contributed by atoms with Crippen molar-refractivity contribution in [1.29, 1.82) is 0 Å². The van der Waals surface area contributed by atoms with Gasteiger partial charge in [-0.2, -0.15) is 0 Å². The van der Waals surface area contributed by atoms with E-state index in [-0.39, 0.29) is 6.61 Å². The summed E-state index contributed by atoms with van der Waals surface area (Å²) in [5.41, 5.74) is 0.844. The summed E-state index contributed by atoms with van der Waals surface area (Å²) in [6.07, 6.45) is 1.73. The van der Waals surface area contributed by atoms with Crippen molar-refractivity contribution >= 4 is 12.4 Å². The molecule has 1 radical (unpaired) electrons. The van der Waals surface area contributed by atoms with Crippen molar-refractivity contribution in [3.8, 4) is 5.75 Å². The van der Waals surface area contributed by atoms with E-state index in [2.05, 4.69) is 5.32 Å². The summed E-state index contributed by atoms with van der Waals surface area (Å²) in [5.74, 6) is 1.04. The number of carbonyl (C=O) groups is 1. The Kier molecular flexibility index (Phi) is 6.56. The molecule has 0 fully saturated rings. The molecule has 0 aliphatic rings. The van der Waals surface area contributed by atoms with E-state index in [0.29, 0.717) is 12.3 Å². The van der Waals surface area contributed by atoms with Gasteiger partial charge in [0.1, 0.15) is 12.4 Å². The fraction of sp³-hybridized carbons (Fsp3) is 0.467. The van der Waals surface area contributed by atoms with Gasteiger partial charge in [-0.15, -0.1) is 0 Å². The maximum absolute atomic E-state index is 11.6. The van der Waals surface area contributed by atoms with Gasteiger partial charge in [-0.3, -0.25) is 4.79 Å². The van der Waals surface area contributed by atoms with Crippen LogP contribution in [0.15, 0.2) is 24.3 Å². The number of ether oxygens (including phenoxy) is 2. The van der Waals surface area contributed by atoms with Crippen LogP contribution in [-0.2, 0) is 16.1 Å². The Bertz CT molecular complexity index is 428. The zero-order valence-electron chi connectivity index (χ0n) is 12.0. The van der Waals surface area contributed by atoms with E-state index in [4.69, 9.17) is 9.47 Å². The lowest BCUT2D eigenvalue weighted by molar-refractivity contribution is 0.137. The Hall–Kier alpha value is -2.04. The summed E-state index contributed by atoms with van der Waals surface area (Å²) in [7, 11) is 1.59. The van der Waals surface area contributed by atoms with Crippen LogP contribution < -0.4 is 10.1 Å². The highest BCUT2D eigenvalue weighted by Crippen LogP contribution is 2.12. The monoisotopic (exact) mass is 278 g/mol. The normalized spacial score (nSPS) is 11.8. The van der Waals surface area contributed by atoms with Gasteiger partial charge in [-0.25, -0.2) is 4.79 Å². The molecule has 5 nitrogen and oxygen atoms in total. The van der Waals surface area contributed by atoms with E-state index in [1.165, 1.54) is 0 Å². The standard InChI is InChI=1S/C15H20NO4/c1-11(2)8-13(9-17)16-15(18)20-10-12-4-6-14(19-3)7-5-12/h4-7,11,13H,8,10H2,1-3H3,(H,16,18)/t13-/m0/s1. The molecule has 0 bridgehead atoms. The maximum Gasteiger partial charge on any atom is 0.408 e. The summed E-state index contributed by atoms with van der Waals surface area (Å²) in [6, 6.07) is 6.57. The van der Waals surface area contributed by atoms with Crippen LogP contribution in [0, 0.1) is 5.92 Å². The van der Waals surface area contributed by atoms with Crippen molar-refractivity contribution in [3.05, 3.63) is 29.8 Å². The molecule has 20 heavy (non-hydrogen) atoms. The van der Waals surface area contributed by atoms with Gasteiger partial charge >= 0.3 is 6.09 Å². The first-order valence-electron chi connectivity index (χ1n) is 6.49. The predicted molar refractivity (Wildman–Crippen MR) is 75.3 cm³/mol. The lowest BCUT2D eigenvalue weighted by Crippen LogP contribution is -2.37. The van der Waals surface area contributed by atoms with Gasteiger partial charge in [0.25, 0.3) is 0 Å². The van der Waals surface area contributed by atoms with Crippen LogP contribution in [0.25, 0.3) is 0 Å². The number of carbonyl (C=O) groups excluding carboxylic acids is 2. The SMILES string of the molecule is COc1ccc(COC(=O)N[C@H]([C]=O)CC(C)C)cc1. The Labute approximate surface area is 119 Å². The first kappa shape index (κ1) is 16.0. The molecule has 0 aliphatic heterocycles. The number of hydrogen-bond donors (Lipinski definition) is 1. The van der Waals surface area contributed by atoms with Gasteiger partial charge in [0.05, 0.1) is 13.2 Å². The summed E-state index contributed by atoms with van der Waals surface area (Å²) in [5, 5.41) is 2.48. The number of alkyl carbamates (subject to hydrolysis) is 1. The molecule has 1 aromatic carbocycles. The Morgan fingerprint density at radius 1 is 1.30 bits per heavy atom. The number of benzene rings is 1. The van der Waals surface area contributed by atoms with Crippen LogP contribution in [0.5, 0.6) is 5.75 Å². The molecule has 1 rings (SSSR count). The zero-order chi connectivity index (χ0) is 15.0. The quantitative estimate of drug-likeness (QED) is 0.832. The highest BCUT2D eigenvalue weighted by Gasteiger charge is 2.14. The minimum absolute atomic E-state index is 0.142. The summed E-state index contributed by atoms with van der Waals surface area (Å²) in [6.45, 7) is 4.08. The molecule has 0 saturated heterocycles. The van der Waals surface area contributed by atoms with Crippen molar-refractivity contribution < 1.29 is 19.1 Å². The highest BCUT2D eigenvalue weighted by molar-refractivity contribution is 5.73. The van der Waals surface area contributed by atoms with Gasteiger partial charge in [-0.1, -0.05) is 26.0 Å². The molecule has 0 spiro atoms. The number of methoxy groups -OCH3 is 1. The smallest absolute Gasteiger partial charge is 0.408 e. The molecule has 0 aromatic heterocycles. The van der Waals surface area contributed by atoms with Gasteiger partial charge in [0.2, 0.25) is 6.29 Å². The van der Waals surface area contributed by atoms with Crippen molar-refractivity contribution in [3.63, 3.8) is 0 Å². The summed E-state index contributed by atoms with van der Waals surface area (Å²) in [4.78, 5) is 22.3. The van der Waals surface area contributed by atoms with Crippen LogP contribution in [0.4, 0.5) is 4.79 Å². The third-order valence-electron chi connectivity index (χ3n) is 2.67. The Morgan fingerprint density at radius 3 is 2.45 bits per heavy atom. The molecular weight excluding hydrogens is 258 g/mol. The molecule has 5 heteroatoms. The lowest BCUT2D eigenvalue weighted by atomic mass is 10.1. The van der Waals surface area contributed by atoms with E-state index < -0.39 is 12.1 Å². The van der Waals surface area contributed by atoms with E-state index in [9.17, 15) is 9.59 Å². The van der Waals surface area contributed by atoms with Crippen molar-refractivity contribution in [2.45, 2.75) is 32.9 Å². The Balaban J connectivity index is 2.39. The lowest BCUT2D eigenvalue weighted by Gasteiger charge is -2.14. The van der Waals surface area contributed by atoms with Gasteiger partial charge in [0.15, 0.2) is 0 Å². The molecule has 0 saturated carbocycles. The van der Waals surface area contributed by atoms with Crippen LogP contribution in [-0.4, -0.2) is 25.5 Å². The maximum atomic E-state index is 11.6. The molecule has 1 N–H and O–H groups in total. The summed E-state index contributed by atoms with van der Waals surface area (Å²) >= 11 is 0. The summed E-state index contributed by atoms with van der Waals surface area (Å²) < 4.78 is 10.1. The van der Waals surface area contributed by atoms with Gasteiger partial charge in [0, 0.05) is 0 Å². The molecular formula is C15H20NO4. The van der Waals surface area contributed by atoms with Crippen LogP contribution in [0.1, 0.15) is 25.8 Å². The molecule has 0 unspecified atom stereocenters. The van der Waals surface area contributed by atoms with Crippen LogP contribution in [0.3, 0.4) is 0 Å². The van der Waals surface area contributed by atoms with E-state index in [1.54, 1.807) is 25.5 Å². The number of hydrogen-bond acceptors (Lipinski definition) is 4. The fourth-order valence-electron chi connectivity index (χ4n) is 1.66. The average molecular weight is 278 g/mol. The molecule has 0 aliphatic carbocycles. The van der Waals surface area contributed by atoms with Crippen LogP contribution in [0.2, 0.25) is 0 Å². The average Bonchev–Trinajstić information content (AvgIpc) is 2.44. The highest BCUT2D eigenvalue weighted by atomic mass is 16.5. The van der Waals surface area contributed by atoms with Gasteiger partial charge < -0.3 is 14.8 Å². The minimum Gasteiger partial charge on any atom is -0.497 e. The first-order valence-corrected chi connectivity index (χ1v) is 6.49. The van der Waals surface area contributed by atoms with Crippen molar-refractivity contribution in [1.82, 2.24) is 5.32 Å². The molecule has 0 heterocycles. The molecule has 109 valence electrons. The fourth-order valence-corrected chi connectivity index (χ4v) is 1.66. The largest absolute Gasteiger partial charge is 0.497 e. The van der Waals surface area contributed by atoms with Crippen molar-refractivity contribution in [2.24, 2.45) is 5.92 Å². The van der Waals surface area contributed by atoms with Crippen molar-refractivity contribution in [2.75, 3.05) is 7.11 Å². The topological polar surface area (TPSA) is 64.6 Å². The number of nitrogens with one attached hydrogen (secondary N) is 1. The second-order valence-electron chi connectivity index (χ2n) is 4.87. The van der Waals surface area contributed by atoms with E-state index >= 15 is 0 Å². The first-order chi connectivity index (χ1) is 9.55. The number of rotatable bonds is 7. The molecule has 1 aromatic rings. The van der Waals surface area contributed by atoms with E-state index in [0.717, 1.165) is 11.3 Å². The molecule has 1 atom stereocenters. The minimum atomic E-state index is -0.627. The second-order valence-corrected chi connectivity index (χ2v) is 4.87. The van der Waals surface area contributed by atoms with Crippen LogP contribution >= 0.6 is 0 Å². The zero-order valence-corrected chi connectivity index (χ0v) is 12.0. The predicted octanol–water partition coefficient (Wildman–Crippen LogP) is 2.45. The number of amides is 1. The van der Waals surface area contributed by atoms with Gasteiger partial charge in [-0.05, 0) is 30.0 Å². The van der Waals surface area contributed by atoms with E-state index in [1.807, 2.05) is 26.0 Å².